The van der Waals surface area contributed by atoms with Gasteiger partial charge < -0.3 is 19.4 Å². The summed E-state index contributed by atoms with van der Waals surface area (Å²) in [6, 6.07) is 0. The first-order chi connectivity index (χ1) is 18.5. The normalized spacial score (nSPS) is 15.2. The van der Waals surface area contributed by atoms with Crippen LogP contribution >= 0.6 is 7.82 Å². The van der Waals surface area contributed by atoms with Crippen LogP contribution in [0.2, 0.25) is 0 Å². The first-order valence-corrected chi connectivity index (χ1v) is 17.4. The maximum Gasteiger partial charge on any atom is 0.474 e. The molecule has 0 fully saturated rings. The summed E-state index contributed by atoms with van der Waals surface area (Å²) in [7, 11) is 1.55. The lowest BCUT2D eigenvalue weighted by atomic mass is 10.0. The molecule has 9 heteroatoms. The molecule has 1 amide bonds. The highest BCUT2D eigenvalue weighted by molar-refractivity contribution is 7.47. The summed E-state index contributed by atoms with van der Waals surface area (Å²) < 4.78 is 28.9. The molecule has 2 N–H and O–H groups in total. The van der Waals surface area contributed by atoms with Crippen LogP contribution in [0.5, 0.6) is 0 Å². The van der Waals surface area contributed by atoms with Gasteiger partial charge in [-0.1, -0.05) is 110 Å². The van der Waals surface area contributed by atoms with Crippen molar-refractivity contribution in [3.63, 3.8) is 0 Å². The number of hydrogen-bond donors (Lipinski definition) is 2. The highest BCUT2D eigenvalue weighted by Gasteiger charge is 2.32. The van der Waals surface area contributed by atoms with E-state index in [9.17, 15) is 14.3 Å². The van der Waals surface area contributed by atoms with E-state index < -0.39 is 20.2 Å². The zero-order valence-corrected chi connectivity index (χ0v) is 27.3. The summed E-state index contributed by atoms with van der Waals surface area (Å²) in [5.41, 5.74) is 0. The molecule has 0 aromatic rings. The van der Waals surface area contributed by atoms with Crippen LogP contribution in [0, 0.1) is 0 Å². The largest absolute Gasteiger partial charge is 0.474 e. The molecule has 0 spiro atoms. The Hall–Kier alpha value is -0.500. The smallest absolute Gasteiger partial charge is 0.374 e. The monoisotopic (exact) mass is 579 g/mol. The quantitative estimate of drug-likeness (QED) is 0.0426. The van der Waals surface area contributed by atoms with Gasteiger partial charge in [-0.25, -0.2) is 4.57 Å². The van der Waals surface area contributed by atoms with Crippen molar-refractivity contribution in [1.29, 1.82) is 0 Å². The van der Waals surface area contributed by atoms with Gasteiger partial charge in [0.1, 0.15) is 13.2 Å². The minimum Gasteiger partial charge on any atom is -0.374 e. The molecule has 0 aromatic heterocycles. The highest BCUT2D eigenvalue weighted by atomic mass is 31.2. The molecule has 234 valence electrons. The number of carbonyl (C=O) groups is 1. The molecule has 3 unspecified atom stereocenters. The average Bonchev–Trinajstić information content (AvgIpc) is 2.84. The number of hydrogen-bond acceptors (Lipinski definition) is 5. The zero-order valence-electron chi connectivity index (χ0n) is 26.4. The Morgan fingerprint density at radius 2 is 1.23 bits per heavy atom. The minimum absolute atomic E-state index is 0.0697. The van der Waals surface area contributed by atoms with Gasteiger partial charge in [0.05, 0.1) is 27.2 Å². The maximum atomic E-state index is 12.5. The summed E-state index contributed by atoms with van der Waals surface area (Å²) in [6.45, 7) is 6.81. The van der Waals surface area contributed by atoms with Crippen molar-refractivity contribution in [2.75, 3.05) is 40.9 Å². The summed E-state index contributed by atoms with van der Waals surface area (Å²) in [5.74, 6) is -0.209. The van der Waals surface area contributed by atoms with E-state index in [1.54, 1.807) is 6.92 Å². The van der Waals surface area contributed by atoms with Crippen molar-refractivity contribution in [1.82, 2.24) is 5.32 Å². The lowest BCUT2D eigenvalue weighted by molar-refractivity contribution is -0.870. The van der Waals surface area contributed by atoms with Gasteiger partial charge in [0, 0.05) is 13.0 Å². The number of quaternary nitrogens is 1. The summed E-state index contributed by atoms with van der Waals surface area (Å²) in [5, 5.41) is 2.72. The molecule has 3 atom stereocenters. The number of amides is 1. The number of ether oxygens (including phenoxy) is 1. The second-order valence-electron chi connectivity index (χ2n) is 12.0. The van der Waals surface area contributed by atoms with E-state index in [4.69, 9.17) is 13.8 Å². The molecular weight excluding hydrogens is 515 g/mol. The van der Waals surface area contributed by atoms with E-state index in [1.165, 1.54) is 89.9 Å². The van der Waals surface area contributed by atoms with E-state index in [0.29, 0.717) is 24.1 Å². The number of nitrogens with one attached hydrogen (secondary N) is 1. The molecule has 0 rings (SSSR count). The molecule has 8 nitrogen and oxygen atoms in total. The highest BCUT2D eigenvalue weighted by Crippen LogP contribution is 2.44. The van der Waals surface area contributed by atoms with Crippen LogP contribution in [-0.2, 0) is 23.1 Å². The fourth-order valence-electron chi connectivity index (χ4n) is 4.42. The van der Waals surface area contributed by atoms with Crippen molar-refractivity contribution in [3.05, 3.63) is 0 Å². The van der Waals surface area contributed by atoms with Crippen molar-refractivity contribution < 1.29 is 32.5 Å². The Kier molecular flexibility index (Phi) is 23.8. The molecule has 0 radical (unpaired) electrons. The van der Waals surface area contributed by atoms with Crippen molar-refractivity contribution in [2.45, 2.75) is 149 Å². The fourth-order valence-corrected chi connectivity index (χ4v) is 5.31. The number of nitrogens with zero attached hydrogens (tertiary/aromatic N) is 1. The topological polar surface area (TPSA) is 94.1 Å². The van der Waals surface area contributed by atoms with E-state index in [0.717, 1.165) is 19.3 Å². The molecule has 0 aliphatic rings. The predicted octanol–water partition coefficient (Wildman–Crippen LogP) is 7.74. The SMILES string of the molecule is CCCCCCCCCCCCCCCCCCCC(=O)NC(OP(=O)(O)OCC[N+](C)(C)C)C(C)OCC. The third-order valence-corrected chi connectivity index (χ3v) is 7.93. The number of phosphoric ester groups is 1. The van der Waals surface area contributed by atoms with Crippen LogP contribution in [0.15, 0.2) is 0 Å². The molecule has 0 aliphatic heterocycles. The Labute approximate surface area is 241 Å². The molecule has 0 aliphatic carbocycles. The second kappa shape index (κ2) is 24.1. The van der Waals surface area contributed by atoms with Gasteiger partial charge in [0.2, 0.25) is 5.91 Å². The van der Waals surface area contributed by atoms with Crippen LogP contribution in [0.1, 0.15) is 136 Å². The first-order valence-electron chi connectivity index (χ1n) is 15.9. The third-order valence-electron chi connectivity index (χ3n) is 6.93. The van der Waals surface area contributed by atoms with E-state index in [1.807, 2.05) is 28.1 Å². The number of phosphoric acid groups is 1. The summed E-state index contributed by atoms with van der Waals surface area (Å²) in [4.78, 5) is 22.6. The average molecular weight is 580 g/mol. The molecule has 0 saturated heterocycles. The summed E-state index contributed by atoms with van der Waals surface area (Å²) in [6.07, 6.45) is 20.7. The Bertz CT molecular complexity index is 629. The van der Waals surface area contributed by atoms with Gasteiger partial charge in [-0.05, 0) is 20.3 Å². The second-order valence-corrected chi connectivity index (χ2v) is 13.4. The maximum absolute atomic E-state index is 12.5. The van der Waals surface area contributed by atoms with Crippen LogP contribution in [0.3, 0.4) is 0 Å². The third kappa shape index (κ3) is 26.2. The molecule has 0 aromatic carbocycles. The number of rotatable bonds is 28. The Balaban J connectivity index is 3.95. The first kappa shape index (κ1) is 38.5. The van der Waals surface area contributed by atoms with E-state index >= 15 is 0 Å². The molecule has 39 heavy (non-hydrogen) atoms. The number of likely N-dealkylation sites (N-methyl/N-ethyl adjacent to an activating group) is 1. The Morgan fingerprint density at radius 3 is 1.64 bits per heavy atom. The van der Waals surface area contributed by atoms with Crippen LogP contribution in [-0.4, -0.2) is 68.5 Å². The van der Waals surface area contributed by atoms with Gasteiger partial charge in [-0.3, -0.25) is 13.8 Å². The van der Waals surface area contributed by atoms with Crippen LogP contribution < -0.4 is 5.32 Å². The lowest BCUT2D eigenvalue weighted by Crippen LogP contribution is -2.44. The van der Waals surface area contributed by atoms with Gasteiger partial charge in [0.15, 0.2) is 6.23 Å². The van der Waals surface area contributed by atoms with Crippen molar-refractivity contribution in [3.8, 4) is 0 Å². The van der Waals surface area contributed by atoms with Crippen molar-refractivity contribution in [2.24, 2.45) is 0 Å². The zero-order chi connectivity index (χ0) is 29.4. The molecule has 0 bridgehead atoms. The Morgan fingerprint density at radius 1 is 0.795 bits per heavy atom. The predicted molar refractivity (Wildman–Crippen MR) is 162 cm³/mol. The van der Waals surface area contributed by atoms with Gasteiger partial charge in [-0.2, -0.15) is 0 Å². The standard InChI is InChI=1S/C30H63N2O6P/c1-7-9-10-11-12-13-14-15-16-17-18-19-20-21-22-23-24-25-29(33)31-30(28(3)36-8-2)38-39(34,35)37-27-26-32(4,5)6/h28,30H,7-27H2,1-6H3,(H-,31,33,34,35)/p+1. The number of unbranched alkanes of at least 4 members (excludes halogenated alkanes) is 16. The van der Waals surface area contributed by atoms with E-state index in [-0.39, 0.29) is 12.5 Å². The van der Waals surface area contributed by atoms with Crippen LogP contribution in [0.4, 0.5) is 0 Å². The molecule has 0 saturated carbocycles. The number of carbonyl (C=O) groups excluding carboxylic acids is 1. The van der Waals surface area contributed by atoms with E-state index in [2.05, 4.69) is 12.2 Å². The van der Waals surface area contributed by atoms with Crippen molar-refractivity contribution >= 4 is 13.7 Å². The van der Waals surface area contributed by atoms with Crippen LogP contribution in [0.25, 0.3) is 0 Å². The lowest BCUT2D eigenvalue weighted by Gasteiger charge is -2.27. The minimum atomic E-state index is -4.34. The molecular formula is C30H64N2O6P+. The fraction of sp³-hybridized carbons (Fsp3) is 0.967. The summed E-state index contributed by atoms with van der Waals surface area (Å²) >= 11 is 0. The van der Waals surface area contributed by atoms with Gasteiger partial charge >= 0.3 is 7.82 Å². The van der Waals surface area contributed by atoms with Gasteiger partial charge in [0.25, 0.3) is 0 Å². The molecule has 0 heterocycles. The van der Waals surface area contributed by atoms with Gasteiger partial charge in [-0.15, -0.1) is 0 Å².